The summed E-state index contributed by atoms with van der Waals surface area (Å²) in [4.78, 5) is 10.8. The van der Waals surface area contributed by atoms with Crippen molar-refractivity contribution >= 4 is 5.97 Å². The Kier molecular flexibility index (Phi) is 3.52. The van der Waals surface area contributed by atoms with Crippen LogP contribution in [0.3, 0.4) is 0 Å². The number of halogens is 3. The summed E-state index contributed by atoms with van der Waals surface area (Å²) in [7, 11) is 0. The molecule has 2 rings (SSSR count). The minimum Gasteiger partial charge on any atom is -0.478 e. The van der Waals surface area contributed by atoms with Gasteiger partial charge in [-0.2, -0.15) is 18.3 Å². The molecule has 2 aromatic rings. The number of carboxylic acids is 1. The van der Waals surface area contributed by atoms with Crippen LogP contribution in [0.25, 0.3) is 0 Å². The number of hydrogen-bond acceptors (Lipinski definition) is 2. The van der Waals surface area contributed by atoms with Gasteiger partial charge in [0.1, 0.15) is 5.56 Å². The first-order valence-corrected chi connectivity index (χ1v) is 5.71. The van der Waals surface area contributed by atoms with Crippen LogP contribution in [-0.4, -0.2) is 20.9 Å². The lowest BCUT2D eigenvalue weighted by Crippen LogP contribution is -2.12. The Hall–Kier alpha value is -2.31. The molecular weight excluding hydrogens is 273 g/mol. The number of aryl methyl sites for hydroxylation is 1. The second-order valence-corrected chi connectivity index (χ2v) is 4.38. The summed E-state index contributed by atoms with van der Waals surface area (Å²) in [6.07, 6.45) is -3.89. The van der Waals surface area contributed by atoms with Crippen molar-refractivity contribution in [2.45, 2.75) is 19.6 Å². The zero-order valence-corrected chi connectivity index (χ0v) is 10.5. The smallest absolute Gasteiger partial charge is 0.436 e. The van der Waals surface area contributed by atoms with Crippen LogP contribution in [-0.2, 0) is 12.7 Å². The topological polar surface area (TPSA) is 55.1 Å². The van der Waals surface area contributed by atoms with E-state index >= 15 is 0 Å². The van der Waals surface area contributed by atoms with Gasteiger partial charge in [-0.1, -0.05) is 29.8 Å². The van der Waals surface area contributed by atoms with E-state index in [1.165, 1.54) is 0 Å². The first-order chi connectivity index (χ1) is 9.27. The van der Waals surface area contributed by atoms with E-state index in [0.717, 1.165) is 22.0 Å². The molecule has 0 saturated heterocycles. The Labute approximate surface area is 112 Å². The van der Waals surface area contributed by atoms with Crippen LogP contribution in [0, 0.1) is 6.92 Å². The lowest BCUT2D eigenvalue weighted by molar-refractivity contribution is -0.142. The number of hydrogen-bond donors (Lipinski definition) is 1. The third-order valence-corrected chi connectivity index (χ3v) is 2.69. The van der Waals surface area contributed by atoms with Gasteiger partial charge in [0.15, 0.2) is 5.69 Å². The van der Waals surface area contributed by atoms with Crippen molar-refractivity contribution in [3.05, 3.63) is 52.8 Å². The van der Waals surface area contributed by atoms with Crippen molar-refractivity contribution in [2.24, 2.45) is 0 Å². The zero-order chi connectivity index (χ0) is 14.9. The van der Waals surface area contributed by atoms with E-state index in [0.29, 0.717) is 0 Å². The van der Waals surface area contributed by atoms with E-state index < -0.39 is 23.4 Å². The third-order valence-electron chi connectivity index (χ3n) is 2.69. The average Bonchev–Trinajstić information content (AvgIpc) is 2.73. The number of rotatable bonds is 3. The molecular formula is C13H11F3N2O2. The van der Waals surface area contributed by atoms with Gasteiger partial charge in [0.25, 0.3) is 0 Å². The molecule has 0 fully saturated rings. The summed E-state index contributed by atoms with van der Waals surface area (Å²) in [5, 5.41) is 12.1. The largest absolute Gasteiger partial charge is 0.478 e. The lowest BCUT2D eigenvalue weighted by atomic mass is 10.1. The monoisotopic (exact) mass is 284 g/mol. The highest BCUT2D eigenvalue weighted by molar-refractivity contribution is 5.88. The zero-order valence-electron chi connectivity index (χ0n) is 10.5. The molecule has 0 spiro atoms. The second kappa shape index (κ2) is 4.99. The van der Waals surface area contributed by atoms with Gasteiger partial charge < -0.3 is 5.11 Å². The number of benzene rings is 1. The van der Waals surface area contributed by atoms with Crippen LogP contribution < -0.4 is 0 Å². The van der Waals surface area contributed by atoms with Crippen molar-refractivity contribution in [3.63, 3.8) is 0 Å². The number of carbonyl (C=O) groups is 1. The van der Waals surface area contributed by atoms with E-state index in [9.17, 15) is 18.0 Å². The molecule has 1 aromatic heterocycles. The highest BCUT2D eigenvalue weighted by Crippen LogP contribution is 2.30. The van der Waals surface area contributed by atoms with Crippen LogP contribution in [0.15, 0.2) is 30.5 Å². The fourth-order valence-corrected chi connectivity index (χ4v) is 1.87. The van der Waals surface area contributed by atoms with E-state index in [2.05, 4.69) is 5.10 Å². The molecule has 0 saturated carbocycles. The minimum atomic E-state index is -4.79. The Morgan fingerprint density at radius 1 is 1.40 bits per heavy atom. The van der Waals surface area contributed by atoms with Crippen LogP contribution in [0.4, 0.5) is 13.2 Å². The normalized spacial score (nSPS) is 11.6. The summed E-state index contributed by atoms with van der Waals surface area (Å²) in [5.74, 6) is -1.65. The van der Waals surface area contributed by atoms with Gasteiger partial charge in [-0.05, 0) is 12.5 Å². The molecule has 1 aromatic carbocycles. The number of alkyl halides is 3. The van der Waals surface area contributed by atoms with E-state index in [-0.39, 0.29) is 6.54 Å². The van der Waals surface area contributed by atoms with Gasteiger partial charge in [0, 0.05) is 6.20 Å². The van der Waals surface area contributed by atoms with Crippen molar-refractivity contribution in [3.8, 4) is 0 Å². The molecule has 106 valence electrons. The fraction of sp³-hybridized carbons (Fsp3) is 0.231. The maximum Gasteiger partial charge on any atom is 0.436 e. The standard InChI is InChI=1S/C13H11F3N2O2/c1-8-3-2-4-9(5-8)6-18-7-10(12(19)20)11(17-18)13(14,15)16/h2-5,7H,6H2,1H3,(H,19,20). The molecule has 0 aliphatic carbocycles. The predicted octanol–water partition coefficient (Wildman–Crippen LogP) is 2.96. The Morgan fingerprint density at radius 2 is 2.10 bits per heavy atom. The minimum absolute atomic E-state index is 0.0814. The first kappa shape index (κ1) is 14.1. The fourth-order valence-electron chi connectivity index (χ4n) is 1.87. The quantitative estimate of drug-likeness (QED) is 0.942. The molecule has 1 heterocycles. The summed E-state index contributed by atoms with van der Waals surface area (Å²) >= 11 is 0. The lowest BCUT2D eigenvalue weighted by Gasteiger charge is -2.04. The van der Waals surface area contributed by atoms with Crippen LogP contribution in [0.2, 0.25) is 0 Å². The first-order valence-electron chi connectivity index (χ1n) is 5.71. The Bertz CT molecular complexity index is 647. The van der Waals surface area contributed by atoms with Crippen LogP contribution in [0.5, 0.6) is 0 Å². The molecule has 4 nitrogen and oxygen atoms in total. The molecule has 1 N–H and O–H groups in total. The van der Waals surface area contributed by atoms with Crippen LogP contribution >= 0.6 is 0 Å². The van der Waals surface area contributed by atoms with Gasteiger partial charge in [0.2, 0.25) is 0 Å². The van der Waals surface area contributed by atoms with Crippen molar-refractivity contribution in [2.75, 3.05) is 0 Å². The molecule has 7 heteroatoms. The highest BCUT2D eigenvalue weighted by atomic mass is 19.4. The SMILES string of the molecule is Cc1cccc(Cn2cc(C(=O)O)c(C(F)(F)F)n2)c1. The summed E-state index contributed by atoms with van der Waals surface area (Å²) in [6, 6.07) is 7.17. The Balaban J connectivity index is 2.37. The summed E-state index contributed by atoms with van der Waals surface area (Å²) in [6.45, 7) is 1.94. The van der Waals surface area contributed by atoms with Crippen molar-refractivity contribution < 1.29 is 23.1 Å². The molecule has 0 unspecified atom stereocenters. The van der Waals surface area contributed by atoms with E-state index in [4.69, 9.17) is 5.11 Å². The second-order valence-electron chi connectivity index (χ2n) is 4.38. The molecule has 0 atom stereocenters. The molecule has 0 bridgehead atoms. The number of carboxylic acid groups (broad SMARTS) is 1. The van der Waals surface area contributed by atoms with Crippen molar-refractivity contribution in [1.82, 2.24) is 9.78 Å². The van der Waals surface area contributed by atoms with Gasteiger partial charge in [-0.25, -0.2) is 4.79 Å². The number of aromatic carboxylic acids is 1. The molecule has 0 radical (unpaired) electrons. The summed E-state index contributed by atoms with van der Waals surface area (Å²) in [5.41, 5.74) is -0.509. The molecule has 20 heavy (non-hydrogen) atoms. The molecule has 0 amide bonds. The molecule has 0 aliphatic heterocycles. The highest BCUT2D eigenvalue weighted by Gasteiger charge is 2.39. The number of nitrogens with zero attached hydrogens (tertiary/aromatic N) is 2. The third kappa shape index (κ3) is 2.98. The van der Waals surface area contributed by atoms with E-state index in [1.807, 2.05) is 13.0 Å². The van der Waals surface area contributed by atoms with E-state index in [1.54, 1.807) is 18.2 Å². The Morgan fingerprint density at radius 3 is 2.60 bits per heavy atom. The van der Waals surface area contributed by atoms with Crippen molar-refractivity contribution in [1.29, 1.82) is 0 Å². The van der Waals surface area contributed by atoms with Gasteiger partial charge in [-0.3, -0.25) is 4.68 Å². The number of aromatic nitrogens is 2. The van der Waals surface area contributed by atoms with Gasteiger partial charge in [-0.15, -0.1) is 0 Å². The summed E-state index contributed by atoms with van der Waals surface area (Å²) < 4.78 is 39.0. The molecule has 0 aliphatic rings. The maximum absolute atomic E-state index is 12.7. The van der Waals surface area contributed by atoms with Gasteiger partial charge in [0.05, 0.1) is 6.54 Å². The maximum atomic E-state index is 12.7. The van der Waals surface area contributed by atoms with Gasteiger partial charge >= 0.3 is 12.1 Å². The predicted molar refractivity (Wildman–Crippen MR) is 64.5 cm³/mol. The average molecular weight is 284 g/mol. The van der Waals surface area contributed by atoms with Crippen LogP contribution in [0.1, 0.15) is 27.2 Å².